The van der Waals surface area contributed by atoms with Crippen LogP contribution in [0.4, 0.5) is 18.9 Å². The quantitative estimate of drug-likeness (QED) is 0.843. The molecule has 0 spiro atoms. The number of fused-ring (bicyclic) bond motifs is 1. The number of halogens is 3. The molecule has 6 heteroatoms. The number of carbonyl (C=O) groups excluding carboxylic acids is 1. The van der Waals surface area contributed by atoms with Crippen LogP contribution in [0.25, 0.3) is 0 Å². The fourth-order valence-corrected chi connectivity index (χ4v) is 2.86. The molecule has 1 heterocycles. The van der Waals surface area contributed by atoms with E-state index in [1.54, 1.807) is 0 Å². The molecule has 0 saturated carbocycles. The SMILES string of the molecule is CC(C)c1ccc2c(c1)CCCN2CC(=O)N(C)CC(F)(F)F. The molecule has 0 saturated heterocycles. The number of aryl methyl sites for hydroxylation is 1. The van der Waals surface area contributed by atoms with Gasteiger partial charge in [-0.3, -0.25) is 4.79 Å². The molecule has 2 rings (SSSR count). The highest BCUT2D eigenvalue weighted by Crippen LogP contribution is 2.30. The molecule has 1 aliphatic heterocycles. The maximum Gasteiger partial charge on any atom is 0.406 e. The van der Waals surface area contributed by atoms with E-state index in [-0.39, 0.29) is 6.54 Å². The Morgan fingerprint density at radius 3 is 2.65 bits per heavy atom. The molecule has 0 bridgehead atoms. The van der Waals surface area contributed by atoms with Gasteiger partial charge in [-0.1, -0.05) is 26.0 Å². The number of alkyl halides is 3. The van der Waals surface area contributed by atoms with Crippen LogP contribution in [0.15, 0.2) is 18.2 Å². The molecule has 23 heavy (non-hydrogen) atoms. The highest BCUT2D eigenvalue weighted by molar-refractivity contribution is 5.82. The van der Waals surface area contributed by atoms with E-state index in [4.69, 9.17) is 0 Å². The summed E-state index contributed by atoms with van der Waals surface area (Å²) in [4.78, 5) is 14.7. The standard InChI is InChI=1S/C17H23F3N2O/c1-12(2)13-6-7-15-14(9-13)5-4-8-22(15)10-16(23)21(3)11-17(18,19)20/h6-7,9,12H,4-5,8,10-11H2,1-3H3. The predicted octanol–water partition coefficient (Wildman–Crippen LogP) is 3.58. The molecule has 0 unspecified atom stereocenters. The van der Waals surface area contributed by atoms with E-state index in [1.807, 2.05) is 17.0 Å². The van der Waals surface area contributed by atoms with Gasteiger partial charge in [-0.25, -0.2) is 0 Å². The molecule has 128 valence electrons. The van der Waals surface area contributed by atoms with Crippen molar-refractivity contribution in [2.24, 2.45) is 0 Å². The number of nitrogens with zero attached hydrogens (tertiary/aromatic N) is 2. The van der Waals surface area contributed by atoms with Crippen molar-refractivity contribution < 1.29 is 18.0 Å². The van der Waals surface area contributed by atoms with Gasteiger partial charge in [-0.2, -0.15) is 13.2 Å². The first kappa shape index (κ1) is 17.6. The first-order valence-corrected chi connectivity index (χ1v) is 7.86. The van der Waals surface area contributed by atoms with Crippen LogP contribution < -0.4 is 4.90 Å². The molecule has 1 amide bonds. The van der Waals surface area contributed by atoms with E-state index in [0.29, 0.717) is 12.5 Å². The van der Waals surface area contributed by atoms with Crippen molar-refractivity contribution in [2.45, 2.75) is 38.8 Å². The van der Waals surface area contributed by atoms with Gasteiger partial charge in [-0.15, -0.1) is 0 Å². The van der Waals surface area contributed by atoms with Gasteiger partial charge in [0.15, 0.2) is 0 Å². The molecule has 1 aromatic carbocycles. The molecule has 0 aliphatic carbocycles. The average Bonchev–Trinajstić information content (AvgIpc) is 2.45. The summed E-state index contributed by atoms with van der Waals surface area (Å²) in [6.45, 7) is 3.72. The summed E-state index contributed by atoms with van der Waals surface area (Å²) in [7, 11) is 1.20. The molecule has 0 atom stereocenters. The Morgan fingerprint density at radius 2 is 2.04 bits per heavy atom. The van der Waals surface area contributed by atoms with Gasteiger partial charge >= 0.3 is 6.18 Å². The number of hydrogen-bond acceptors (Lipinski definition) is 2. The Balaban J connectivity index is 2.10. The molecule has 0 fully saturated rings. The third-order valence-corrected chi connectivity index (χ3v) is 4.15. The third-order valence-electron chi connectivity index (χ3n) is 4.15. The van der Waals surface area contributed by atoms with Gasteiger partial charge in [0, 0.05) is 19.3 Å². The van der Waals surface area contributed by atoms with Gasteiger partial charge in [0.05, 0.1) is 6.54 Å². The van der Waals surface area contributed by atoms with Crippen molar-refractivity contribution in [1.29, 1.82) is 0 Å². The van der Waals surface area contributed by atoms with Crippen molar-refractivity contribution in [3.05, 3.63) is 29.3 Å². The number of hydrogen-bond donors (Lipinski definition) is 0. The maximum absolute atomic E-state index is 12.4. The van der Waals surface area contributed by atoms with E-state index in [1.165, 1.54) is 18.2 Å². The topological polar surface area (TPSA) is 23.6 Å². The summed E-state index contributed by atoms with van der Waals surface area (Å²) < 4.78 is 37.2. The van der Waals surface area contributed by atoms with Gasteiger partial charge in [0.25, 0.3) is 0 Å². The molecule has 1 aromatic rings. The van der Waals surface area contributed by atoms with Crippen LogP contribution in [-0.4, -0.2) is 43.7 Å². The summed E-state index contributed by atoms with van der Waals surface area (Å²) in [5.41, 5.74) is 3.38. The lowest BCUT2D eigenvalue weighted by Gasteiger charge is -2.32. The molecule has 3 nitrogen and oxygen atoms in total. The van der Waals surface area contributed by atoms with E-state index >= 15 is 0 Å². The molecule has 1 aliphatic rings. The van der Waals surface area contributed by atoms with Crippen molar-refractivity contribution in [2.75, 3.05) is 31.6 Å². The lowest BCUT2D eigenvalue weighted by Crippen LogP contribution is -2.43. The van der Waals surface area contributed by atoms with Crippen LogP contribution in [0, 0.1) is 0 Å². The van der Waals surface area contributed by atoms with E-state index in [0.717, 1.165) is 23.4 Å². The molecule has 0 radical (unpaired) electrons. The van der Waals surface area contributed by atoms with Gasteiger partial charge in [-0.05, 0) is 36.0 Å². The lowest BCUT2D eigenvalue weighted by atomic mass is 9.95. The number of rotatable bonds is 4. The van der Waals surface area contributed by atoms with Crippen molar-refractivity contribution in [3.8, 4) is 0 Å². The Hall–Kier alpha value is -1.72. The fraction of sp³-hybridized carbons (Fsp3) is 0.588. The summed E-state index contributed by atoms with van der Waals surface area (Å²) in [5, 5.41) is 0. The number of benzene rings is 1. The van der Waals surface area contributed by atoms with Crippen LogP contribution in [0.2, 0.25) is 0 Å². The summed E-state index contributed by atoms with van der Waals surface area (Å²) in [5.74, 6) is -0.0849. The van der Waals surface area contributed by atoms with E-state index in [9.17, 15) is 18.0 Å². The highest BCUT2D eigenvalue weighted by Gasteiger charge is 2.32. The normalized spacial score (nSPS) is 14.8. The Labute approximate surface area is 135 Å². The second kappa shape index (κ2) is 6.81. The first-order chi connectivity index (χ1) is 10.7. The molecular formula is C17H23F3N2O. The average molecular weight is 328 g/mol. The van der Waals surface area contributed by atoms with Crippen LogP contribution in [0.1, 0.15) is 37.3 Å². The smallest absolute Gasteiger partial charge is 0.362 e. The minimum Gasteiger partial charge on any atom is -0.362 e. The zero-order valence-electron chi connectivity index (χ0n) is 13.8. The van der Waals surface area contributed by atoms with Crippen molar-refractivity contribution in [3.63, 3.8) is 0 Å². The first-order valence-electron chi connectivity index (χ1n) is 7.86. The van der Waals surface area contributed by atoms with Gasteiger partial charge in [0.1, 0.15) is 6.54 Å². The van der Waals surface area contributed by atoms with Crippen LogP contribution in [0.3, 0.4) is 0 Å². The van der Waals surface area contributed by atoms with Crippen LogP contribution >= 0.6 is 0 Å². The largest absolute Gasteiger partial charge is 0.406 e. The summed E-state index contributed by atoms with van der Waals surface area (Å²) in [6.07, 6.45) is -2.51. The minimum atomic E-state index is -4.36. The predicted molar refractivity (Wildman–Crippen MR) is 84.8 cm³/mol. The number of anilines is 1. The van der Waals surface area contributed by atoms with Crippen molar-refractivity contribution >= 4 is 11.6 Å². The monoisotopic (exact) mass is 328 g/mol. The van der Waals surface area contributed by atoms with E-state index in [2.05, 4.69) is 19.9 Å². The second-order valence-corrected chi connectivity index (χ2v) is 6.43. The second-order valence-electron chi connectivity index (χ2n) is 6.43. The van der Waals surface area contributed by atoms with Crippen LogP contribution in [-0.2, 0) is 11.2 Å². The Kier molecular flexibility index (Phi) is 5.22. The van der Waals surface area contributed by atoms with Crippen LogP contribution in [0.5, 0.6) is 0 Å². The lowest BCUT2D eigenvalue weighted by molar-refractivity contribution is -0.157. The molecule has 0 N–H and O–H groups in total. The summed E-state index contributed by atoms with van der Waals surface area (Å²) >= 11 is 0. The van der Waals surface area contributed by atoms with E-state index < -0.39 is 18.6 Å². The highest BCUT2D eigenvalue weighted by atomic mass is 19.4. The fourth-order valence-electron chi connectivity index (χ4n) is 2.86. The third kappa shape index (κ3) is 4.62. The Morgan fingerprint density at radius 1 is 1.35 bits per heavy atom. The Bertz CT molecular complexity index is 569. The zero-order valence-corrected chi connectivity index (χ0v) is 13.8. The maximum atomic E-state index is 12.4. The molecular weight excluding hydrogens is 305 g/mol. The number of carbonyl (C=O) groups is 1. The zero-order chi connectivity index (χ0) is 17.2. The summed E-state index contributed by atoms with van der Waals surface area (Å²) in [6, 6.07) is 6.17. The van der Waals surface area contributed by atoms with Gasteiger partial charge in [0.2, 0.25) is 5.91 Å². The number of likely N-dealkylation sites (N-methyl/N-ethyl adjacent to an activating group) is 1. The van der Waals surface area contributed by atoms with Crippen molar-refractivity contribution in [1.82, 2.24) is 4.90 Å². The number of amides is 1. The minimum absolute atomic E-state index is 0.0133. The van der Waals surface area contributed by atoms with Gasteiger partial charge < -0.3 is 9.80 Å². The molecule has 0 aromatic heterocycles.